The Bertz CT molecular complexity index is 876. The summed E-state index contributed by atoms with van der Waals surface area (Å²) in [6.45, 7) is 5.03. The van der Waals surface area contributed by atoms with Gasteiger partial charge in [-0.15, -0.1) is 11.3 Å². The van der Waals surface area contributed by atoms with Crippen LogP contribution in [0.25, 0.3) is 0 Å². The lowest BCUT2D eigenvalue weighted by Gasteiger charge is -2.26. The number of likely N-dealkylation sites (tertiary alicyclic amines) is 1. The number of aryl methyl sites for hydroxylation is 1. The number of anilines is 1. The average molecular weight is 430 g/mol. The van der Waals surface area contributed by atoms with E-state index in [0.29, 0.717) is 23.8 Å². The molecule has 7 heteroatoms. The van der Waals surface area contributed by atoms with Crippen LogP contribution in [-0.4, -0.2) is 59.3 Å². The first kappa shape index (κ1) is 20.4. The van der Waals surface area contributed by atoms with Crippen LogP contribution in [0, 0.1) is 6.92 Å². The van der Waals surface area contributed by atoms with Crippen LogP contribution in [0.4, 0.5) is 5.69 Å². The SMILES string of the molecule is Cc1ccc(C2CCCN2CC(=O)Nc2cccc(C(=O)N3CCSCC3)c2)s1. The standard InChI is InChI=1S/C22H27N3O2S2/c1-16-7-8-20(29-16)19-6-3-9-25(19)15-21(26)23-18-5-2-4-17(14-18)22(27)24-10-12-28-13-11-24/h2,4-5,7-8,14,19H,3,6,9-13,15H2,1H3,(H,23,26). The molecule has 2 aliphatic heterocycles. The number of thioether (sulfide) groups is 1. The van der Waals surface area contributed by atoms with Crippen molar-refractivity contribution in [2.24, 2.45) is 0 Å². The van der Waals surface area contributed by atoms with Crippen LogP contribution in [0.15, 0.2) is 36.4 Å². The Kier molecular flexibility index (Phi) is 6.57. The lowest BCUT2D eigenvalue weighted by Crippen LogP contribution is -2.38. The van der Waals surface area contributed by atoms with Crippen molar-refractivity contribution >= 4 is 40.6 Å². The second-order valence-electron chi connectivity index (χ2n) is 7.61. The smallest absolute Gasteiger partial charge is 0.253 e. The number of rotatable bonds is 5. The molecule has 0 saturated carbocycles. The Morgan fingerprint density at radius 1 is 1.14 bits per heavy atom. The second-order valence-corrected chi connectivity index (χ2v) is 10.2. The lowest BCUT2D eigenvalue weighted by atomic mass is 10.1. The van der Waals surface area contributed by atoms with E-state index in [1.807, 2.05) is 46.2 Å². The van der Waals surface area contributed by atoms with Crippen LogP contribution in [0.1, 0.15) is 39.0 Å². The summed E-state index contributed by atoms with van der Waals surface area (Å²) in [6, 6.07) is 12.0. The van der Waals surface area contributed by atoms with Crippen molar-refractivity contribution in [2.75, 3.05) is 43.0 Å². The normalized spacial score (nSPS) is 20.0. The van der Waals surface area contributed by atoms with Crippen LogP contribution >= 0.6 is 23.1 Å². The molecule has 0 spiro atoms. The summed E-state index contributed by atoms with van der Waals surface area (Å²) in [5.41, 5.74) is 1.33. The monoisotopic (exact) mass is 429 g/mol. The third-order valence-corrected chi connectivity index (χ3v) is 7.54. The highest BCUT2D eigenvalue weighted by atomic mass is 32.2. The molecule has 3 heterocycles. The van der Waals surface area contributed by atoms with Crippen molar-refractivity contribution in [1.82, 2.24) is 9.80 Å². The minimum atomic E-state index is -0.0239. The Morgan fingerprint density at radius 3 is 2.72 bits per heavy atom. The van der Waals surface area contributed by atoms with Crippen LogP contribution in [0.2, 0.25) is 0 Å². The zero-order valence-corrected chi connectivity index (χ0v) is 18.4. The molecule has 29 heavy (non-hydrogen) atoms. The van der Waals surface area contributed by atoms with Gasteiger partial charge in [0.15, 0.2) is 0 Å². The van der Waals surface area contributed by atoms with Crippen LogP contribution in [0.3, 0.4) is 0 Å². The van der Waals surface area contributed by atoms with E-state index in [-0.39, 0.29) is 11.8 Å². The molecule has 1 aromatic heterocycles. The topological polar surface area (TPSA) is 52.7 Å². The summed E-state index contributed by atoms with van der Waals surface area (Å²) < 4.78 is 0. The van der Waals surface area contributed by atoms with Gasteiger partial charge in [0.25, 0.3) is 5.91 Å². The number of hydrogen-bond acceptors (Lipinski definition) is 5. The zero-order valence-electron chi connectivity index (χ0n) is 16.7. The first-order chi connectivity index (χ1) is 14.1. The largest absolute Gasteiger partial charge is 0.337 e. The maximum atomic E-state index is 12.7. The molecule has 1 unspecified atom stereocenters. The molecule has 2 aliphatic rings. The van der Waals surface area contributed by atoms with Gasteiger partial charge in [0.1, 0.15) is 0 Å². The van der Waals surface area contributed by atoms with E-state index in [1.54, 1.807) is 6.07 Å². The second kappa shape index (κ2) is 9.32. The molecule has 154 valence electrons. The van der Waals surface area contributed by atoms with Crippen LogP contribution < -0.4 is 5.32 Å². The number of carbonyl (C=O) groups excluding carboxylic acids is 2. The van der Waals surface area contributed by atoms with E-state index < -0.39 is 0 Å². The van der Waals surface area contributed by atoms with Gasteiger partial charge in [-0.3, -0.25) is 14.5 Å². The molecule has 4 rings (SSSR count). The molecular weight excluding hydrogens is 402 g/mol. The van der Waals surface area contributed by atoms with E-state index in [0.717, 1.165) is 44.0 Å². The molecular formula is C22H27N3O2S2. The number of nitrogens with one attached hydrogen (secondary N) is 1. The van der Waals surface area contributed by atoms with E-state index in [9.17, 15) is 9.59 Å². The molecule has 5 nitrogen and oxygen atoms in total. The minimum Gasteiger partial charge on any atom is -0.337 e. The number of amides is 2. The van der Waals surface area contributed by atoms with Gasteiger partial charge in [-0.1, -0.05) is 6.07 Å². The predicted octanol–water partition coefficient (Wildman–Crippen LogP) is 4.02. The summed E-state index contributed by atoms with van der Waals surface area (Å²) in [7, 11) is 0. The molecule has 0 aliphatic carbocycles. The minimum absolute atomic E-state index is 0.0239. The van der Waals surface area contributed by atoms with Gasteiger partial charge in [0, 0.05) is 51.6 Å². The summed E-state index contributed by atoms with van der Waals surface area (Å²) in [6.07, 6.45) is 2.22. The molecule has 1 atom stereocenters. The van der Waals surface area contributed by atoms with Crippen LogP contribution in [-0.2, 0) is 4.79 Å². The third kappa shape index (κ3) is 5.02. The Morgan fingerprint density at radius 2 is 1.97 bits per heavy atom. The molecule has 1 aromatic carbocycles. The van der Waals surface area contributed by atoms with Crippen LogP contribution in [0.5, 0.6) is 0 Å². The van der Waals surface area contributed by atoms with Gasteiger partial charge in [-0.25, -0.2) is 0 Å². The highest BCUT2D eigenvalue weighted by molar-refractivity contribution is 7.99. The first-order valence-corrected chi connectivity index (χ1v) is 12.1. The number of nitrogens with zero attached hydrogens (tertiary/aromatic N) is 2. The van der Waals surface area contributed by atoms with Gasteiger partial charge in [-0.2, -0.15) is 11.8 Å². The Balaban J connectivity index is 1.37. The van der Waals surface area contributed by atoms with Gasteiger partial charge in [-0.05, 0) is 56.6 Å². The van der Waals surface area contributed by atoms with E-state index in [4.69, 9.17) is 0 Å². The average Bonchev–Trinajstić information content (AvgIpc) is 3.36. The fourth-order valence-electron chi connectivity index (χ4n) is 4.03. The number of thiophene rings is 1. The quantitative estimate of drug-likeness (QED) is 0.780. The summed E-state index contributed by atoms with van der Waals surface area (Å²) in [4.78, 5) is 32.2. The Hall–Kier alpha value is -1.83. The fourth-order valence-corrected chi connectivity index (χ4v) is 5.98. The van der Waals surface area contributed by atoms with E-state index in [2.05, 4.69) is 29.3 Å². The maximum Gasteiger partial charge on any atom is 0.253 e. The highest BCUT2D eigenvalue weighted by Gasteiger charge is 2.28. The molecule has 2 amide bonds. The van der Waals surface area contributed by atoms with Crippen molar-refractivity contribution in [2.45, 2.75) is 25.8 Å². The molecule has 2 fully saturated rings. The van der Waals surface area contributed by atoms with Gasteiger partial charge in [0.2, 0.25) is 5.91 Å². The maximum absolute atomic E-state index is 12.7. The van der Waals surface area contributed by atoms with E-state index in [1.165, 1.54) is 9.75 Å². The van der Waals surface area contributed by atoms with Crippen molar-refractivity contribution in [3.8, 4) is 0 Å². The predicted molar refractivity (Wildman–Crippen MR) is 121 cm³/mol. The lowest BCUT2D eigenvalue weighted by molar-refractivity contribution is -0.117. The molecule has 1 N–H and O–H groups in total. The molecule has 2 saturated heterocycles. The third-order valence-electron chi connectivity index (χ3n) is 5.49. The van der Waals surface area contributed by atoms with Gasteiger partial charge < -0.3 is 10.2 Å². The van der Waals surface area contributed by atoms with Crippen molar-refractivity contribution in [3.63, 3.8) is 0 Å². The Labute approximate surface area is 180 Å². The molecule has 0 bridgehead atoms. The van der Waals surface area contributed by atoms with Crippen molar-refractivity contribution in [1.29, 1.82) is 0 Å². The molecule has 0 radical (unpaired) electrons. The molecule has 2 aromatic rings. The first-order valence-electron chi connectivity index (χ1n) is 10.2. The van der Waals surface area contributed by atoms with Crippen molar-refractivity contribution in [3.05, 3.63) is 51.7 Å². The fraction of sp³-hybridized carbons (Fsp3) is 0.455. The number of benzene rings is 1. The summed E-state index contributed by atoms with van der Waals surface area (Å²) in [5.74, 6) is 2.00. The summed E-state index contributed by atoms with van der Waals surface area (Å²) >= 11 is 3.70. The number of carbonyl (C=O) groups is 2. The van der Waals surface area contributed by atoms with Crippen molar-refractivity contribution < 1.29 is 9.59 Å². The highest BCUT2D eigenvalue weighted by Crippen LogP contribution is 2.35. The van der Waals surface area contributed by atoms with Gasteiger partial charge >= 0.3 is 0 Å². The summed E-state index contributed by atoms with van der Waals surface area (Å²) in [5, 5.41) is 2.99. The zero-order chi connectivity index (χ0) is 20.2. The number of hydrogen-bond donors (Lipinski definition) is 1. The van der Waals surface area contributed by atoms with E-state index >= 15 is 0 Å². The van der Waals surface area contributed by atoms with Gasteiger partial charge in [0.05, 0.1) is 6.54 Å².